The zero-order chi connectivity index (χ0) is 19.9. The third-order valence-corrected chi connectivity index (χ3v) is 6.60. The van der Waals surface area contributed by atoms with Crippen LogP contribution in [0, 0.1) is 13.8 Å². The normalized spacial score (nSPS) is 11.7. The molecule has 0 bridgehead atoms. The molecule has 0 radical (unpaired) electrons. The van der Waals surface area contributed by atoms with E-state index in [2.05, 4.69) is 0 Å². The molecule has 0 amide bonds. The molecule has 1 aromatic heterocycles. The van der Waals surface area contributed by atoms with Gasteiger partial charge in [-0.05, 0) is 74.0 Å². The minimum absolute atomic E-state index is 0.269. The number of nitrogens with zero attached hydrogens (tertiary/aromatic N) is 1. The van der Waals surface area contributed by atoms with Gasteiger partial charge in [0.25, 0.3) is 10.0 Å². The standard InChI is InChI=1S/C23H21NO3S/c1-16-4-11-21(12-5-16)28(25,26)24-22-13-6-17(2)14-19(22)15-23(24)18-7-9-20(27-3)10-8-18/h4-15H,1-3H3. The van der Waals surface area contributed by atoms with Gasteiger partial charge in [-0.1, -0.05) is 29.3 Å². The van der Waals surface area contributed by atoms with Gasteiger partial charge in [0.1, 0.15) is 5.75 Å². The molecule has 0 aliphatic carbocycles. The molecule has 4 nitrogen and oxygen atoms in total. The summed E-state index contributed by atoms with van der Waals surface area (Å²) in [6.45, 7) is 3.94. The Morgan fingerprint density at radius 3 is 2.07 bits per heavy atom. The van der Waals surface area contributed by atoms with Crippen molar-refractivity contribution in [1.29, 1.82) is 0 Å². The highest BCUT2D eigenvalue weighted by Crippen LogP contribution is 2.33. The van der Waals surface area contributed by atoms with Crippen molar-refractivity contribution in [3.05, 3.63) is 83.9 Å². The molecule has 0 fully saturated rings. The highest BCUT2D eigenvalue weighted by atomic mass is 32.2. The van der Waals surface area contributed by atoms with Gasteiger partial charge in [0, 0.05) is 5.39 Å². The zero-order valence-electron chi connectivity index (χ0n) is 16.0. The van der Waals surface area contributed by atoms with E-state index in [1.165, 1.54) is 3.97 Å². The van der Waals surface area contributed by atoms with E-state index in [1.54, 1.807) is 19.2 Å². The number of benzene rings is 3. The van der Waals surface area contributed by atoms with Gasteiger partial charge in [0.2, 0.25) is 0 Å². The first kappa shape index (κ1) is 18.3. The lowest BCUT2D eigenvalue weighted by Gasteiger charge is -2.13. The zero-order valence-corrected chi connectivity index (χ0v) is 16.8. The third kappa shape index (κ3) is 3.08. The Kier molecular flexibility index (Phi) is 4.47. The number of fused-ring (bicyclic) bond motifs is 1. The molecule has 4 rings (SSSR count). The number of hydrogen-bond donors (Lipinski definition) is 0. The molecule has 142 valence electrons. The van der Waals surface area contributed by atoms with Crippen LogP contribution in [-0.2, 0) is 10.0 Å². The van der Waals surface area contributed by atoms with E-state index in [0.717, 1.165) is 27.8 Å². The monoisotopic (exact) mass is 391 g/mol. The topological polar surface area (TPSA) is 48.3 Å². The minimum Gasteiger partial charge on any atom is -0.497 e. The summed E-state index contributed by atoms with van der Waals surface area (Å²) in [5.41, 5.74) is 4.20. The van der Waals surface area contributed by atoms with Gasteiger partial charge in [0.05, 0.1) is 23.2 Å². The number of ether oxygens (including phenoxy) is 1. The van der Waals surface area contributed by atoms with Crippen molar-refractivity contribution in [3.63, 3.8) is 0 Å². The highest BCUT2D eigenvalue weighted by Gasteiger charge is 2.24. The lowest BCUT2D eigenvalue weighted by Crippen LogP contribution is -2.14. The van der Waals surface area contributed by atoms with Crippen molar-refractivity contribution in [2.45, 2.75) is 18.7 Å². The Morgan fingerprint density at radius 2 is 1.43 bits per heavy atom. The highest BCUT2D eigenvalue weighted by molar-refractivity contribution is 7.90. The summed E-state index contributed by atoms with van der Waals surface area (Å²) in [4.78, 5) is 0.269. The van der Waals surface area contributed by atoms with E-state index in [9.17, 15) is 8.42 Å². The molecule has 3 aromatic carbocycles. The molecule has 0 N–H and O–H groups in total. The number of aryl methyl sites for hydroxylation is 2. The lowest BCUT2D eigenvalue weighted by atomic mass is 10.1. The molecule has 1 heterocycles. The third-order valence-electron chi connectivity index (χ3n) is 4.86. The molecule has 0 spiro atoms. The van der Waals surface area contributed by atoms with E-state index >= 15 is 0 Å². The van der Waals surface area contributed by atoms with Gasteiger partial charge in [-0.15, -0.1) is 0 Å². The largest absolute Gasteiger partial charge is 0.497 e. The van der Waals surface area contributed by atoms with Crippen LogP contribution >= 0.6 is 0 Å². The van der Waals surface area contributed by atoms with E-state index in [0.29, 0.717) is 11.2 Å². The molecule has 0 aliphatic rings. The molecule has 0 saturated heterocycles. The van der Waals surface area contributed by atoms with Crippen LogP contribution in [0.2, 0.25) is 0 Å². The smallest absolute Gasteiger partial charge is 0.268 e. The maximum atomic E-state index is 13.6. The first-order chi connectivity index (χ1) is 13.4. The maximum absolute atomic E-state index is 13.6. The molecule has 4 aromatic rings. The summed E-state index contributed by atoms with van der Waals surface area (Å²) in [5.74, 6) is 0.726. The molecule has 0 aliphatic heterocycles. The molecule has 0 saturated carbocycles. The summed E-state index contributed by atoms with van der Waals surface area (Å²) < 4.78 is 33.8. The number of methoxy groups -OCH3 is 1. The Labute approximate surface area is 165 Å². The summed E-state index contributed by atoms with van der Waals surface area (Å²) in [6.07, 6.45) is 0. The molecule has 5 heteroatoms. The van der Waals surface area contributed by atoms with E-state index < -0.39 is 10.0 Å². The van der Waals surface area contributed by atoms with Gasteiger partial charge in [0.15, 0.2) is 0 Å². The van der Waals surface area contributed by atoms with Crippen LogP contribution in [0.3, 0.4) is 0 Å². The number of hydrogen-bond acceptors (Lipinski definition) is 3. The summed E-state index contributed by atoms with van der Waals surface area (Å²) in [6, 6.07) is 22.1. The second-order valence-electron chi connectivity index (χ2n) is 6.90. The van der Waals surface area contributed by atoms with Crippen molar-refractivity contribution in [1.82, 2.24) is 3.97 Å². The summed E-state index contributed by atoms with van der Waals surface area (Å²) in [5, 5.41) is 0.890. The molecule has 0 unspecified atom stereocenters. The maximum Gasteiger partial charge on any atom is 0.268 e. The fourth-order valence-electron chi connectivity index (χ4n) is 3.35. The van der Waals surface area contributed by atoms with Crippen LogP contribution in [-0.4, -0.2) is 19.5 Å². The first-order valence-corrected chi connectivity index (χ1v) is 10.4. The molecular formula is C23H21NO3S. The average molecular weight is 391 g/mol. The van der Waals surface area contributed by atoms with Gasteiger partial charge >= 0.3 is 0 Å². The lowest BCUT2D eigenvalue weighted by molar-refractivity contribution is 0.415. The Balaban J connectivity index is 2.01. The number of rotatable bonds is 4. The predicted molar refractivity (Wildman–Crippen MR) is 112 cm³/mol. The number of aromatic nitrogens is 1. The minimum atomic E-state index is -3.76. The van der Waals surface area contributed by atoms with E-state index in [-0.39, 0.29) is 4.90 Å². The summed E-state index contributed by atoms with van der Waals surface area (Å²) in [7, 11) is -2.15. The fraction of sp³-hybridized carbons (Fsp3) is 0.130. The molecular weight excluding hydrogens is 370 g/mol. The van der Waals surface area contributed by atoms with Crippen LogP contribution in [0.1, 0.15) is 11.1 Å². The van der Waals surface area contributed by atoms with Crippen molar-refractivity contribution < 1.29 is 13.2 Å². The second-order valence-corrected chi connectivity index (χ2v) is 8.69. The van der Waals surface area contributed by atoms with Crippen molar-refractivity contribution in [2.24, 2.45) is 0 Å². The Hall–Kier alpha value is -3.05. The Bertz CT molecular complexity index is 1250. The predicted octanol–water partition coefficient (Wildman–Crippen LogP) is 5.17. The van der Waals surface area contributed by atoms with Gasteiger partial charge in [-0.2, -0.15) is 0 Å². The molecule has 0 atom stereocenters. The van der Waals surface area contributed by atoms with Crippen molar-refractivity contribution in [2.75, 3.05) is 7.11 Å². The van der Waals surface area contributed by atoms with E-state index in [1.807, 2.05) is 74.5 Å². The quantitative estimate of drug-likeness (QED) is 0.482. The fourth-order valence-corrected chi connectivity index (χ4v) is 4.88. The van der Waals surface area contributed by atoms with Crippen LogP contribution in [0.15, 0.2) is 77.7 Å². The van der Waals surface area contributed by atoms with Crippen LogP contribution in [0.5, 0.6) is 5.75 Å². The van der Waals surface area contributed by atoms with Gasteiger partial charge < -0.3 is 4.74 Å². The molecule has 28 heavy (non-hydrogen) atoms. The van der Waals surface area contributed by atoms with Gasteiger partial charge in [-0.25, -0.2) is 12.4 Å². The van der Waals surface area contributed by atoms with Crippen LogP contribution in [0.25, 0.3) is 22.2 Å². The van der Waals surface area contributed by atoms with E-state index in [4.69, 9.17) is 4.74 Å². The van der Waals surface area contributed by atoms with Crippen molar-refractivity contribution in [3.8, 4) is 17.0 Å². The van der Waals surface area contributed by atoms with Gasteiger partial charge in [-0.3, -0.25) is 0 Å². The van der Waals surface area contributed by atoms with Crippen molar-refractivity contribution >= 4 is 20.9 Å². The Morgan fingerprint density at radius 1 is 0.786 bits per heavy atom. The SMILES string of the molecule is COc1ccc(-c2cc3cc(C)ccc3n2S(=O)(=O)c2ccc(C)cc2)cc1. The van der Waals surface area contributed by atoms with Crippen LogP contribution in [0.4, 0.5) is 0 Å². The van der Waals surface area contributed by atoms with Crippen LogP contribution < -0.4 is 4.74 Å². The second kappa shape index (κ2) is 6.84. The average Bonchev–Trinajstić information content (AvgIpc) is 3.07. The first-order valence-electron chi connectivity index (χ1n) is 8.99. The summed E-state index contributed by atoms with van der Waals surface area (Å²) >= 11 is 0.